The lowest BCUT2D eigenvalue weighted by atomic mass is 9.96. The highest BCUT2D eigenvalue weighted by Crippen LogP contribution is 2.21. The number of rotatable bonds is 8. The van der Waals surface area contributed by atoms with Crippen LogP contribution in [0.15, 0.2) is 42.5 Å². The molecule has 0 spiro atoms. The van der Waals surface area contributed by atoms with Gasteiger partial charge in [-0.2, -0.15) is 0 Å². The van der Waals surface area contributed by atoms with E-state index in [1.165, 1.54) is 0 Å². The standard InChI is InChI=1S/C19H22O3/c1-14(13-19(21)22)7-2-5-12-18(20)17-11-6-9-15-8-3-4-10-16(15)17/h3-4,6,8-11,14H,2,5,7,12-13H2,1H3,(H,21,22). The number of hydrogen-bond donors (Lipinski definition) is 1. The van der Waals surface area contributed by atoms with Crippen molar-refractivity contribution in [3.05, 3.63) is 48.0 Å². The van der Waals surface area contributed by atoms with Crippen molar-refractivity contribution in [1.82, 2.24) is 0 Å². The fourth-order valence-electron chi connectivity index (χ4n) is 2.78. The summed E-state index contributed by atoms with van der Waals surface area (Å²) in [5, 5.41) is 10.8. The minimum Gasteiger partial charge on any atom is -0.481 e. The van der Waals surface area contributed by atoms with Crippen LogP contribution in [0.3, 0.4) is 0 Å². The number of fused-ring (bicyclic) bond motifs is 1. The fraction of sp³-hybridized carbons (Fsp3) is 0.368. The number of carbonyl (C=O) groups excluding carboxylic acids is 1. The summed E-state index contributed by atoms with van der Waals surface area (Å²) >= 11 is 0. The van der Waals surface area contributed by atoms with E-state index in [-0.39, 0.29) is 18.1 Å². The zero-order valence-electron chi connectivity index (χ0n) is 12.9. The summed E-state index contributed by atoms with van der Waals surface area (Å²) in [6.07, 6.45) is 3.29. The third-order valence-electron chi connectivity index (χ3n) is 3.96. The van der Waals surface area contributed by atoms with Crippen LogP contribution in [0, 0.1) is 5.92 Å². The van der Waals surface area contributed by atoms with E-state index in [1.807, 2.05) is 49.4 Å². The maximum absolute atomic E-state index is 12.4. The van der Waals surface area contributed by atoms with Gasteiger partial charge in [-0.3, -0.25) is 9.59 Å². The molecule has 0 heterocycles. The van der Waals surface area contributed by atoms with Crippen LogP contribution in [0.25, 0.3) is 10.8 Å². The molecule has 0 aliphatic heterocycles. The SMILES string of the molecule is CC(CCCCC(=O)c1cccc2ccccc12)CC(=O)O. The van der Waals surface area contributed by atoms with Crippen molar-refractivity contribution in [3.8, 4) is 0 Å². The van der Waals surface area contributed by atoms with Crippen LogP contribution in [0.5, 0.6) is 0 Å². The van der Waals surface area contributed by atoms with Crippen molar-refractivity contribution in [2.75, 3.05) is 0 Å². The first-order valence-corrected chi connectivity index (χ1v) is 7.80. The Bertz CT molecular complexity index is 655. The number of carboxylic acid groups (broad SMARTS) is 1. The number of carboxylic acids is 1. The lowest BCUT2D eigenvalue weighted by molar-refractivity contribution is -0.138. The first-order valence-electron chi connectivity index (χ1n) is 7.80. The first-order chi connectivity index (χ1) is 10.6. The molecule has 0 aliphatic rings. The zero-order valence-corrected chi connectivity index (χ0v) is 12.9. The Balaban J connectivity index is 1.88. The minimum atomic E-state index is -0.751. The van der Waals surface area contributed by atoms with E-state index in [0.29, 0.717) is 6.42 Å². The predicted octanol–water partition coefficient (Wildman–Crippen LogP) is 4.69. The van der Waals surface area contributed by atoms with Crippen LogP contribution in [0.4, 0.5) is 0 Å². The van der Waals surface area contributed by atoms with Gasteiger partial charge in [-0.1, -0.05) is 62.2 Å². The Kier molecular flexibility index (Phi) is 5.70. The molecule has 0 saturated carbocycles. The van der Waals surface area contributed by atoms with Crippen LogP contribution in [-0.4, -0.2) is 16.9 Å². The molecule has 116 valence electrons. The average Bonchev–Trinajstić information content (AvgIpc) is 2.50. The second-order valence-electron chi connectivity index (χ2n) is 5.90. The molecule has 0 radical (unpaired) electrons. The quantitative estimate of drug-likeness (QED) is 0.568. The Morgan fingerprint density at radius 1 is 1.05 bits per heavy atom. The smallest absolute Gasteiger partial charge is 0.303 e. The normalized spacial score (nSPS) is 12.2. The lowest BCUT2D eigenvalue weighted by Gasteiger charge is -2.08. The lowest BCUT2D eigenvalue weighted by Crippen LogP contribution is -2.05. The van der Waals surface area contributed by atoms with E-state index in [9.17, 15) is 9.59 Å². The monoisotopic (exact) mass is 298 g/mol. The molecule has 2 rings (SSSR count). The molecule has 3 heteroatoms. The molecule has 0 saturated heterocycles. The van der Waals surface area contributed by atoms with Crippen molar-refractivity contribution in [3.63, 3.8) is 0 Å². The third-order valence-corrected chi connectivity index (χ3v) is 3.96. The molecule has 0 aliphatic carbocycles. The number of hydrogen-bond acceptors (Lipinski definition) is 2. The number of Topliss-reactive ketones (excluding diaryl/α,β-unsaturated/α-hetero) is 1. The molecular weight excluding hydrogens is 276 g/mol. The molecule has 0 fully saturated rings. The summed E-state index contributed by atoms with van der Waals surface area (Å²) in [5.41, 5.74) is 0.789. The molecule has 0 bridgehead atoms. The molecule has 1 unspecified atom stereocenters. The predicted molar refractivity (Wildman–Crippen MR) is 88.2 cm³/mol. The average molecular weight is 298 g/mol. The van der Waals surface area contributed by atoms with Gasteiger partial charge in [-0.25, -0.2) is 0 Å². The molecular formula is C19H22O3. The van der Waals surface area contributed by atoms with Gasteiger partial charge in [0.1, 0.15) is 0 Å². The van der Waals surface area contributed by atoms with Crippen molar-refractivity contribution in [2.24, 2.45) is 5.92 Å². The second-order valence-corrected chi connectivity index (χ2v) is 5.90. The largest absolute Gasteiger partial charge is 0.481 e. The van der Waals surface area contributed by atoms with Gasteiger partial charge in [0.05, 0.1) is 0 Å². The number of ketones is 1. The molecule has 1 atom stereocenters. The Labute approximate surface area is 131 Å². The van der Waals surface area contributed by atoms with Crippen LogP contribution in [0.2, 0.25) is 0 Å². The van der Waals surface area contributed by atoms with Crippen LogP contribution in [-0.2, 0) is 4.79 Å². The van der Waals surface area contributed by atoms with E-state index in [2.05, 4.69) is 0 Å². The molecule has 2 aromatic rings. The number of benzene rings is 2. The van der Waals surface area contributed by atoms with Gasteiger partial charge in [0.15, 0.2) is 5.78 Å². The molecule has 0 amide bonds. The Morgan fingerprint density at radius 2 is 1.77 bits per heavy atom. The highest BCUT2D eigenvalue weighted by molar-refractivity contribution is 6.08. The van der Waals surface area contributed by atoms with Crippen molar-refractivity contribution < 1.29 is 14.7 Å². The maximum Gasteiger partial charge on any atom is 0.303 e. The molecule has 2 aromatic carbocycles. The number of unbranched alkanes of at least 4 members (excludes halogenated alkanes) is 1. The Hall–Kier alpha value is -2.16. The zero-order chi connectivity index (χ0) is 15.9. The van der Waals surface area contributed by atoms with Gasteiger partial charge in [0.2, 0.25) is 0 Å². The molecule has 1 N–H and O–H groups in total. The highest BCUT2D eigenvalue weighted by Gasteiger charge is 2.11. The fourth-order valence-corrected chi connectivity index (χ4v) is 2.78. The summed E-state index contributed by atoms with van der Waals surface area (Å²) in [5.74, 6) is -0.410. The van der Waals surface area contributed by atoms with E-state index in [0.717, 1.165) is 35.6 Å². The van der Waals surface area contributed by atoms with E-state index < -0.39 is 5.97 Å². The summed E-state index contributed by atoms with van der Waals surface area (Å²) in [7, 11) is 0. The number of aliphatic carboxylic acids is 1. The summed E-state index contributed by atoms with van der Waals surface area (Å²) in [6.45, 7) is 1.95. The highest BCUT2D eigenvalue weighted by atomic mass is 16.4. The van der Waals surface area contributed by atoms with Gasteiger partial charge in [-0.05, 0) is 23.1 Å². The van der Waals surface area contributed by atoms with Gasteiger partial charge in [-0.15, -0.1) is 0 Å². The van der Waals surface area contributed by atoms with Crippen LogP contribution < -0.4 is 0 Å². The summed E-state index contributed by atoms with van der Waals surface area (Å²) in [4.78, 5) is 23.0. The van der Waals surface area contributed by atoms with Crippen LogP contribution >= 0.6 is 0 Å². The van der Waals surface area contributed by atoms with Crippen molar-refractivity contribution >= 4 is 22.5 Å². The molecule has 0 aromatic heterocycles. The van der Waals surface area contributed by atoms with Gasteiger partial charge >= 0.3 is 5.97 Å². The molecule has 22 heavy (non-hydrogen) atoms. The van der Waals surface area contributed by atoms with E-state index in [4.69, 9.17) is 5.11 Å². The van der Waals surface area contributed by atoms with Crippen molar-refractivity contribution in [1.29, 1.82) is 0 Å². The van der Waals surface area contributed by atoms with Crippen molar-refractivity contribution in [2.45, 2.75) is 39.0 Å². The van der Waals surface area contributed by atoms with E-state index >= 15 is 0 Å². The van der Waals surface area contributed by atoms with Gasteiger partial charge in [0, 0.05) is 18.4 Å². The topological polar surface area (TPSA) is 54.4 Å². The second kappa shape index (κ2) is 7.74. The summed E-state index contributed by atoms with van der Waals surface area (Å²) in [6, 6.07) is 13.7. The van der Waals surface area contributed by atoms with Gasteiger partial charge < -0.3 is 5.11 Å². The number of carbonyl (C=O) groups is 2. The van der Waals surface area contributed by atoms with E-state index in [1.54, 1.807) is 0 Å². The maximum atomic E-state index is 12.4. The third kappa shape index (κ3) is 4.42. The first kappa shape index (κ1) is 16.2. The van der Waals surface area contributed by atoms with Gasteiger partial charge in [0.25, 0.3) is 0 Å². The Morgan fingerprint density at radius 3 is 2.55 bits per heavy atom. The van der Waals surface area contributed by atoms with Crippen LogP contribution in [0.1, 0.15) is 49.4 Å². The molecule has 3 nitrogen and oxygen atoms in total. The minimum absolute atomic E-state index is 0.169. The summed E-state index contributed by atoms with van der Waals surface area (Å²) < 4.78 is 0.